The number of rotatable bonds is 5. The quantitative estimate of drug-likeness (QED) is 0.805. The predicted molar refractivity (Wildman–Crippen MR) is 74.3 cm³/mol. The molecule has 1 amide bonds. The Balaban J connectivity index is 0. The third-order valence-corrected chi connectivity index (χ3v) is 2.01. The number of amides is 1. The first-order valence-corrected chi connectivity index (χ1v) is 5.10. The lowest BCUT2D eigenvalue weighted by molar-refractivity contribution is 0.0948. The van der Waals surface area contributed by atoms with Crippen LogP contribution in [0.15, 0.2) is 18.2 Å². The van der Waals surface area contributed by atoms with E-state index in [1.165, 1.54) is 0 Å². The topological polar surface area (TPSA) is 54.0 Å². The van der Waals surface area contributed by atoms with E-state index in [4.69, 9.17) is 0 Å². The van der Waals surface area contributed by atoms with Gasteiger partial charge in [0.2, 0.25) is 0 Å². The molecule has 0 saturated heterocycles. The molecule has 1 aromatic rings. The molecule has 2 N–H and O–H groups in total. The van der Waals surface area contributed by atoms with Gasteiger partial charge in [-0.25, -0.2) is 4.98 Å². The van der Waals surface area contributed by atoms with Crippen LogP contribution >= 0.6 is 24.8 Å². The van der Waals surface area contributed by atoms with E-state index in [-0.39, 0.29) is 30.7 Å². The van der Waals surface area contributed by atoms with E-state index >= 15 is 0 Å². The molecule has 6 heteroatoms. The summed E-state index contributed by atoms with van der Waals surface area (Å²) >= 11 is 0. The summed E-state index contributed by atoms with van der Waals surface area (Å²) in [6.07, 6.45) is 0.925. The van der Waals surface area contributed by atoms with Gasteiger partial charge in [-0.3, -0.25) is 4.79 Å². The van der Waals surface area contributed by atoms with Crippen molar-refractivity contribution in [2.24, 2.45) is 0 Å². The van der Waals surface area contributed by atoms with Gasteiger partial charge in [-0.05, 0) is 39.1 Å². The van der Waals surface area contributed by atoms with Crippen molar-refractivity contribution in [3.05, 3.63) is 29.6 Å². The number of carbonyl (C=O) groups is 1. The van der Waals surface area contributed by atoms with Gasteiger partial charge in [0.05, 0.1) is 0 Å². The van der Waals surface area contributed by atoms with Crippen LogP contribution in [0.25, 0.3) is 0 Å². The highest BCUT2D eigenvalue weighted by Gasteiger charge is 2.05. The molecule has 0 saturated carbocycles. The average Bonchev–Trinajstić information content (AvgIpc) is 2.24. The van der Waals surface area contributed by atoms with Gasteiger partial charge in [0, 0.05) is 12.2 Å². The van der Waals surface area contributed by atoms with Crippen molar-refractivity contribution in [2.75, 3.05) is 20.1 Å². The van der Waals surface area contributed by atoms with E-state index in [1.54, 1.807) is 6.07 Å². The summed E-state index contributed by atoms with van der Waals surface area (Å²) in [6.45, 7) is 3.45. The van der Waals surface area contributed by atoms with Crippen LogP contribution in [0, 0.1) is 6.92 Å². The molecule has 1 aromatic heterocycles. The van der Waals surface area contributed by atoms with E-state index in [0.717, 1.165) is 18.7 Å². The first-order valence-electron chi connectivity index (χ1n) is 5.10. The second-order valence-electron chi connectivity index (χ2n) is 3.38. The van der Waals surface area contributed by atoms with Crippen LogP contribution in [0.2, 0.25) is 0 Å². The van der Waals surface area contributed by atoms with Crippen LogP contribution in [-0.4, -0.2) is 31.0 Å². The van der Waals surface area contributed by atoms with Crippen LogP contribution in [0.1, 0.15) is 22.6 Å². The monoisotopic (exact) mass is 279 g/mol. The number of carbonyl (C=O) groups excluding carboxylic acids is 1. The molecule has 0 radical (unpaired) electrons. The SMILES string of the molecule is CNCCCNC(=O)c1cccc(C)n1.Cl.Cl. The van der Waals surface area contributed by atoms with Gasteiger partial charge >= 0.3 is 0 Å². The molecule has 0 bridgehead atoms. The lowest BCUT2D eigenvalue weighted by Crippen LogP contribution is -2.27. The van der Waals surface area contributed by atoms with Crippen LogP contribution < -0.4 is 10.6 Å². The van der Waals surface area contributed by atoms with Gasteiger partial charge in [-0.1, -0.05) is 6.07 Å². The summed E-state index contributed by atoms with van der Waals surface area (Å²) in [5, 5.41) is 5.84. The van der Waals surface area contributed by atoms with Crippen LogP contribution in [0.3, 0.4) is 0 Å². The molecule has 1 heterocycles. The molecule has 17 heavy (non-hydrogen) atoms. The van der Waals surface area contributed by atoms with Gasteiger partial charge in [-0.15, -0.1) is 24.8 Å². The predicted octanol–water partition coefficient (Wildman–Crippen LogP) is 1.57. The highest BCUT2D eigenvalue weighted by molar-refractivity contribution is 5.92. The van der Waals surface area contributed by atoms with Crippen LogP contribution in [0.4, 0.5) is 0 Å². The normalized spacial score (nSPS) is 8.82. The minimum absolute atomic E-state index is 0. The summed E-state index contributed by atoms with van der Waals surface area (Å²) in [5.74, 6) is -0.102. The van der Waals surface area contributed by atoms with Crippen molar-refractivity contribution >= 4 is 30.7 Å². The second kappa shape index (κ2) is 10.3. The standard InChI is InChI=1S/C11H17N3O.2ClH/c1-9-5-3-6-10(14-9)11(15)13-8-4-7-12-2;;/h3,5-6,12H,4,7-8H2,1-2H3,(H,13,15);2*1H. The van der Waals surface area contributed by atoms with E-state index in [0.29, 0.717) is 12.2 Å². The number of nitrogens with zero attached hydrogens (tertiary/aromatic N) is 1. The third kappa shape index (κ3) is 7.15. The Morgan fingerprint density at radius 2 is 2.00 bits per heavy atom. The first kappa shape index (κ1) is 18.5. The molecule has 4 nitrogen and oxygen atoms in total. The van der Waals surface area contributed by atoms with Crippen molar-refractivity contribution in [1.29, 1.82) is 0 Å². The maximum Gasteiger partial charge on any atom is 0.269 e. The van der Waals surface area contributed by atoms with E-state index in [2.05, 4.69) is 15.6 Å². The summed E-state index contributed by atoms with van der Waals surface area (Å²) in [4.78, 5) is 15.7. The fourth-order valence-electron chi connectivity index (χ4n) is 1.23. The molecule has 0 spiro atoms. The fourth-order valence-corrected chi connectivity index (χ4v) is 1.23. The number of aryl methyl sites for hydroxylation is 1. The smallest absolute Gasteiger partial charge is 0.269 e. The zero-order valence-corrected chi connectivity index (χ0v) is 11.7. The summed E-state index contributed by atoms with van der Waals surface area (Å²) in [5.41, 5.74) is 1.34. The molecular weight excluding hydrogens is 261 g/mol. The molecule has 98 valence electrons. The molecule has 0 unspecified atom stereocenters. The summed E-state index contributed by atoms with van der Waals surface area (Å²) in [6, 6.07) is 5.43. The van der Waals surface area contributed by atoms with Crippen LogP contribution in [-0.2, 0) is 0 Å². The number of halogens is 2. The highest BCUT2D eigenvalue weighted by atomic mass is 35.5. The maximum atomic E-state index is 11.6. The number of aromatic nitrogens is 1. The number of hydrogen-bond acceptors (Lipinski definition) is 3. The zero-order valence-electron chi connectivity index (χ0n) is 10.0. The average molecular weight is 280 g/mol. The molecule has 1 rings (SSSR count). The van der Waals surface area contributed by atoms with Gasteiger partial charge in [0.15, 0.2) is 0 Å². The Bertz CT molecular complexity index is 334. The number of pyridine rings is 1. The van der Waals surface area contributed by atoms with Crippen molar-refractivity contribution < 1.29 is 4.79 Å². The van der Waals surface area contributed by atoms with Crippen molar-refractivity contribution in [2.45, 2.75) is 13.3 Å². The van der Waals surface area contributed by atoms with E-state index < -0.39 is 0 Å². The van der Waals surface area contributed by atoms with Crippen molar-refractivity contribution in [1.82, 2.24) is 15.6 Å². The first-order chi connectivity index (χ1) is 7.24. The van der Waals surface area contributed by atoms with Gasteiger partial charge in [-0.2, -0.15) is 0 Å². The third-order valence-electron chi connectivity index (χ3n) is 2.01. The largest absolute Gasteiger partial charge is 0.351 e. The fraction of sp³-hybridized carbons (Fsp3) is 0.455. The molecule has 0 fully saturated rings. The lowest BCUT2D eigenvalue weighted by atomic mass is 10.3. The minimum atomic E-state index is -0.102. The maximum absolute atomic E-state index is 11.6. The molecule has 0 aliphatic carbocycles. The second-order valence-corrected chi connectivity index (χ2v) is 3.38. The summed E-state index contributed by atoms with van der Waals surface area (Å²) in [7, 11) is 1.89. The Morgan fingerprint density at radius 3 is 2.59 bits per heavy atom. The van der Waals surface area contributed by atoms with Gasteiger partial charge in [0.1, 0.15) is 5.69 Å². The Labute approximate surface area is 114 Å². The Kier molecular flexibility index (Phi) is 11.2. The van der Waals surface area contributed by atoms with E-state index in [9.17, 15) is 4.79 Å². The van der Waals surface area contributed by atoms with Crippen LogP contribution in [0.5, 0.6) is 0 Å². The molecule has 0 aliphatic rings. The molecular formula is C11H19Cl2N3O. The summed E-state index contributed by atoms with van der Waals surface area (Å²) < 4.78 is 0. The Hall–Kier alpha value is -0.840. The van der Waals surface area contributed by atoms with Gasteiger partial charge < -0.3 is 10.6 Å². The minimum Gasteiger partial charge on any atom is -0.351 e. The molecule has 0 atom stereocenters. The molecule has 0 aliphatic heterocycles. The van der Waals surface area contributed by atoms with Gasteiger partial charge in [0.25, 0.3) is 5.91 Å². The van der Waals surface area contributed by atoms with Crippen molar-refractivity contribution in [3.63, 3.8) is 0 Å². The lowest BCUT2D eigenvalue weighted by Gasteiger charge is -2.04. The van der Waals surface area contributed by atoms with Crippen molar-refractivity contribution in [3.8, 4) is 0 Å². The van der Waals surface area contributed by atoms with E-state index in [1.807, 2.05) is 26.1 Å². The Morgan fingerprint density at radius 1 is 1.29 bits per heavy atom. The number of nitrogens with one attached hydrogen (secondary N) is 2. The number of hydrogen-bond donors (Lipinski definition) is 2. The zero-order chi connectivity index (χ0) is 11.1. The highest BCUT2D eigenvalue weighted by Crippen LogP contribution is 1.97. The molecule has 0 aromatic carbocycles.